The van der Waals surface area contributed by atoms with Crippen molar-refractivity contribution in [2.24, 2.45) is 56.1 Å². The van der Waals surface area contributed by atoms with Crippen LogP contribution in [0.4, 0.5) is 0 Å². The summed E-state index contributed by atoms with van der Waals surface area (Å²) in [6, 6.07) is 19.8. The Morgan fingerprint density at radius 2 is 1.38 bits per heavy atom. The standard InChI is InChI=1S/C44H58N2O5.2ClH/c1-39-22-23-40(2,37(48)51-35(28-14-10-8-11-15-28)29-16-12-9-13-17-29)27-31(39)30-26-32(47)36-41(3)20-19-34(46-45)44(6,38(49)50-7)33(41)18-21-43(36,5)42(30,4)25-24-39;;/h8-17,26,31,33-36,46H,18-25,27,45H2,1-7H3;2*1H/t31-,33+,34-,36+,39+,40-,41-,42+,43+,44-;;/m0../s1. The maximum Gasteiger partial charge on any atom is 0.313 e. The highest BCUT2D eigenvalue weighted by atomic mass is 35.5. The van der Waals surface area contributed by atoms with Crippen LogP contribution in [-0.4, -0.2) is 30.9 Å². The van der Waals surface area contributed by atoms with Gasteiger partial charge in [0.1, 0.15) is 0 Å². The molecule has 0 radical (unpaired) electrons. The van der Waals surface area contributed by atoms with E-state index in [1.807, 2.05) is 73.7 Å². The Bertz CT molecular complexity index is 1700. The summed E-state index contributed by atoms with van der Waals surface area (Å²) >= 11 is 0. The van der Waals surface area contributed by atoms with E-state index >= 15 is 0 Å². The summed E-state index contributed by atoms with van der Waals surface area (Å²) in [6.07, 6.45) is 9.14. The van der Waals surface area contributed by atoms with E-state index in [0.717, 1.165) is 56.1 Å². The number of ketones is 1. The number of fused-ring (bicyclic) bond motifs is 7. The molecule has 7 nitrogen and oxygen atoms in total. The van der Waals surface area contributed by atoms with Gasteiger partial charge in [-0.2, -0.15) is 0 Å². The van der Waals surface area contributed by atoms with Gasteiger partial charge in [0.2, 0.25) is 0 Å². The van der Waals surface area contributed by atoms with Crippen molar-refractivity contribution in [3.63, 3.8) is 0 Å². The first-order valence-corrected chi connectivity index (χ1v) is 19.2. The molecule has 2 aromatic rings. The first-order chi connectivity index (χ1) is 24.1. The monoisotopic (exact) mass is 766 g/mol. The molecule has 10 atom stereocenters. The molecule has 53 heavy (non-hydrogen) atoms. The van der Waals surface area contributed by atoms with Gasteiger partial charge in [0.25, 0.3) is 0 Å². The number of nitrogens with one attached hydrogen (secondary N) is 1. The molecule has 5 aliphatic rings. The molecule has 0 bridgehead atoms. The maximum absolute atomic E-state index is 14.9. The van der Waals surface area contributed by atoms with Gasteiger partial charge in [0, 0.05) is 12.0 Å². The highest BCUT2D eigenvalue weighted by Crippen LogP contribution is 2.75. The Morgan fingerprint density at radius 1 is 0.792 bits per heavy atom. The molecule has 0 aliphatic heterocycles. The topological polar surface area (TPSA) is 108 Å². The molecule has 2 aromatic carbocycles. The van der Waals surface area contributed by atoms with Crippen LogP contribution in [0.2, 0.25) is 0 Å². The number of hydrazine groups is 1. The molecule has 0 spiro atoms. The second-order valence-corrected chi connectivity index (χ2v) is 18.4. The molecular weight excluding hydrogens is 707 g/mol. The fourth-order valence-corrected chi connectivity index (χ4v) is 12.7. The van der Waals surface area contributed by atoms with Gasteiger partial charge in [-0.15, -0.1) is 24.8 Å². The maximum atomic E-state index is 14.9. The smallest absolute Gasteiger partial charge is 0.313 e. The molecule has 9 heteroatoms. The number of halogens is 2. The number of rotatable bonds is 6. The van der Waals surface area contributed by atoms with Gasteiger partial charge in [0.05, 0.1) is 17.9 Å². The third-order valence-corrected chi connectivity index (χ3v) is 16.0. The molecule has 290 valence electrons. The van der Waals surface area contributed by atoms with Crippen molar-refractivity contribution in [1.82, 2.24) is 5.43 Å². The summed E-state index contributed by atoms with van der Waals surface area (Å²) in [5, 5.41) is 0. The quantitative estimate of drug-likeness (QED) is 0.172. The zero-order valence-corrected chi connectivity index (χ0v) is 34.2. The SMILES string of the molecule is COC(=O)[C@]1(C)[C@@H](NN)CC[C@@]2(C)[C@H]1CC[C@]1(C)[C@@H]2C(=O)C=C2[C@@H]3C[C@@](C)(C(=O)OC(c4ccccc4)c4ccccc4)CC[C@]3(C)CC[C@]21C.Cl.Cl. The Kier molecular flexibility index (Phi) is 11.3. The summed E-state index contributed by atoms with van der Waals surface area (Å²) in [5.41, 5.74) is 3.69. The van der Waals surface area contributed by atoms with Crippen LogP contribution in [0.3, 0.4) is 0 Å². The number of esters is 2. The van der Waals surface area contributed by atoms with Crippen LogP contribution in [0.15, 0.2) is 72.3 Å². The third kappa shape index (κ3) is 6.02. The van der Waals surface area contributed by atoms with Crippen molar-refractivity contribution >= 4 is 42.5 Å². The van der Waals surface area contributed by atoms with Crippen LogP contribution in [-0.2, 0) is 23.9 Å². The summed E-state index contributed by atoms with van der Waals surface area (Å²) in [4.78, 5) is 42.9. The minimum atomic E-state index is -0.836. The number of ether oxygens (including phenoxy) is 2. The van der Waals surface area contributed by atoms with E-state index in [-0.39, 0.29) is 88.0 Å². The van der Waals surface area contributed by atoms with E-state index in [4.69, 9.17) is 15.3 Å². The first kappa shape index (κ1) is 41.5. The van der Waals surface area contributed by atoms with Crippen LogP contribution in [0, 0.1) is 50.2 Å². The van der Waals surface area contributed by atoms with Gasteiger partial charge in [-0.3, -0.25) is 25.7 Å². The molecule has 0 unspecified atom stereocenters. The number of hydrogen-bond donors (Lipinski definition) is 2. The number of carbonyl (C=O) groups is 3. The van der Waals surface area contributed by atoms with Crippen molar-refractivity contribution in [3.05, 3.63) is 83.4 Å². The number of nitrogens with two attached hydrogens (primary N) is 1. The molecule has 4 fully saturated rings. The Morgan fingerprint density at radius 3 is 1.94 bits per heavy atom. The minimum absolute atomic E-state index is 0. The van der Waals surface area contributed by atoms with E-state index in [9.17, 15) is 14.4 Å². The molecule has 0 saturated heterocycles. The van der Waals surface area contributed by atoms with Gasteiger partial charge in [-0.1, -0.05) is 93.9 Å². The van der Waals surface area contributed by atoms with Gasteiger partial charge in [0.15, 0.2) is 11.9 Å². The van der Waals surface area contributed by atoms with Gasteiger partial charge in [-0.25, -0.2) is 0 Å². The molecule has 7 rings (SSSR count). The number of methoxy groups -OCH3 is 1. The van der Waals surface area contributed by atoms with Crippen LogP contribution in [0.25, 0.3) is 0 Å². The average Bonchev–Trinajstić information content (AvgIpc) is 3.12. The lowest BCUT2D eigenvalue weighted by molar-refractivity contribution is -0.203. The lowest BCUT2D eigenvalue weighted by atomic mass is 9.33. The highest BCUT2D eigenvalue weighted by molar-refractivity contribution is 5.96. The summed E-state index contributed by atoms with van der Waals surface area (Å²) in [7, 11) is 1.46. The Hall–Kier alpha value is -2.71. The summed E-state index contributed by atoms with van der Waals surface area (Å²) in [5.74, 6) is 5.67. The number of allylic oxidation sites excluding steroid dienone is 2. The van der Waals surface area contributed by atoms with Crippen molar-refractivity contribution in [1.29, 1.82) is 0 Å². The molecule has 4 saturated carbocycles. The molecule has 0 amide bonds. The zero-order valence-electron chi connectivity index (χ0n) is 32.5. The zero-order chi connectivity index (χ0) is 36.6. The predicted octanol–water partition coefficient (Wildman–Crippen LogP) is 9.13. The largest absolute Gasteiger partial charge is 0.469 e. The molecule has 3 N–H and O–H groups in total. The van der Waals surface area contributed by atoms with Crippen LogP contribution in [0.1, 0.15) is 117 Å². The van der Waals surface area contributed by atoms with Crippen molar-refractivity contribution in [2.45, 2.75) is 111 Å². The first-order valence-electron chi connectivity index (χ1n) is 19.2. The molecule has 0 aromatic heterocycles. The van der Waals surface area contributed by atoms with E-state index in [1.54, 1.807) is 0 Å². The van der Waals surface area contributed by atoms with Crippen molar-refractivity contribution in [2.75, 3.05) is 7.11 Å². The lowest BCUT2D eigenvalue weighted by Crippen LogP contribution is -2.69. The van der Waals surface area contributed by atoms with E-state index in [2.05, 4.69) is 40.0 Å². The van der Waals surface area contributed by atoms with E-state index < -0.39 is 16.9 Å². The number of benzene rings is 2. The summed E-state index contributed by atoms with van der Waals surface area (Å²) < 4.78 is 12.0. The fourth-order valence-electron chi connectivity index (χ4n) is 12.7. The summed E-state index contributed by atoms with van der Waals surface area (Å²) in [6.45, 7) is 13.5. The highest BCUT2D eigenvalue weighted by Gasteiger charge is 2.72. The van der Waals surface area contributed by atoms with Crippen molar-refractivity contribution in [3.8, 4) is 0 Å². The fraction of sp³-hybridized carbons (Fsp3) is 0.614. The van der Waals surface area contributed by atoms with Gasteiger partial charge < -0.3 is 9.47 Å². The molecular formula is C44H60Cl2N2O5. The van der Waals surface area contributed by atoms with Gasteiger partial charge in [-0.05, 0) is 122 Å². The van der Waals surface area contributed by atoms with Crippen LogP contribution < -0.4 is 11.3 Å². The molecule has 0 heterocycles. The third-order valence-electron chi connectivity index (χ3n) is 16.0. The predicted molar refractivity (Wildman–Crippen MR) is 212 cm³/mol. The number of hydrogen-bond acceptors (Lipinski definition) is 7. The van der Waals surface area contributed by atoms with Crippen LogP contribution in [0.5, 0.6) is 0 Å². The normalized spacial score (nSPS) is 40.1. The van der Waals surface area contributed by atoms with E-state index in [0.29, 0.717) is 12.8 Å². The minimum Gasteiger partial charge on any atom is -0.469 e. The number of carbonyl (C=O) groups excluding carboxylic acids is 3. The van der Waals surface area contributed by atoms with E-state index in [1.165, 1.54) is 12.7 Å². The second-order valence-electron chi connectivity index (χ2n) is 18.4. The Balaban J connectivity index is 0.00000271. The van der Waals surface area contributed by atoms with Crippen molar-refractivity contribution < 1.29 is 23.9 Å². The Labute approximate surface area is 328 Å². The molecule has 5 aliphatic carbocycles. The second kappa shape index (κ2) is 14.4. The lowest BCUT2D eigenvalue weighted by Gasteiger charge is -2.70. The van der Waals surface area contributed by atoms with Crippen LogP contribution >= 0.6 is 24.8 Å². The van der Waals surface area contributed by atoms with Gasteiger partial charge >= 0.3 is 11.9 Å². The average molecular weight is 768 g/mol.